The van der Waals surface area contributed by atoms with Gasteiger partial charge in [-0.15, -0.1) is 0 Å². The Kier molecular flexibility index (Phi) is 6.36. The summed E-state index contributed by atoms with van der Waals surface area (Å²) >= 11 is 0. The van der Waals surface area contributed by atoms with Crippen LogP contribution in [0, 0.1) is 5.92 Å². The number of sulfonamides is 1. The van der Waals surface area contributed by atoms with Gasteiger partial charge in [-0.25, -0.2) is 8.42 Å². The molecule has 0 bridgehead atoms. The molecule has 0 spiro atoms. The van der Waals surface area contributed by atoms with Crippen molar-refractivity contribution in [1.82, 2.24) is 4.90 Å². The minimum Gasteiger partial charge on any atom is -0.326 e. The quantitative estimate of drug-likeness (QED) is 0.808. The molecule has 1 N–H and O–H groups in total. The third kappa shape index (κ3) is 5.33. The predicted molar refractivity (Wildman–Crippen MR) is 113 cm³/mol. The second-order valence-corrected chi connectivity index (χ2v) is 9.34. The smallest absolute Gasteiger partial charge is 0.231 e. The van der Waals surface area contributed by atoms with Gasteiger partial charge in [-0.05, 0) is 43.1 Å². The monoisotopic (exact) mass is 401 g/mol. The van der Waals surface area contributed by atoms with Crippen molar-refractivity contribution in [3.8, 4) is 0 Å². The molecule has 1 saturated heterocycles. The van der Waals surface area contributed by atoms with Crippen LogP contribution in [0.1, 0.15) is 18.4 Å². The van der Waals surface area contributed by atoms with Crippen LogP contribution in [-0.2, 0) is 21.4 Å². The first-order chi connectivity index (χ1) is 13.3. The zero-order valence-electron chi connectivity index (χ0n) is 16.3. The van der Waals surface area contributed by atoms with Gasteiger partial charge in [-0.2, -0.15) is 0 Å². The molecule has 1 amide bonds. The molecular weight excluding hydrogens is 374 g/mol. The number of carbonyl (C=O) groups is 1. The minimum absolute atomic E-state index is 0.0167. The van der Waals surface area contributed by atoms with E-state index in [4.69, 9.17) is 0 Å². The molecular formula is C21H27N3O3S. The summed E-state index contributed by atoms with van der Waals surface area (Å²) in [4.78, 5) is 15.1. The van der Waals surface area contributed by atoms with Crippen molar-refractivity contribution < 1.29 is 13.2 Å². The lowest BCUT2D eigenvalue weighted by Crippen LogP contribution is -2.40. The molecule has 2 aromatic carbocycles. The highest BCUT2D eigenvalue weighted by molar-refractivity contribution is 7.92. The van der Waals surface area contributed by atoms with Crippen LogP contribution >= 0.6 is 0 Å². The standard InChI is InChI=1S/C21H27N3O3S/c1-23(28(2,26)27)20-12-6-11-19(14-20)22-21(25)18-10-7-13-24(16-18)15-17-8-4-3-5-9-17/h3-6,8-9,11-12,14,18H,7,10,13,15-16H2,1-2H3,(H,22,25). The van der Waals surface area contributed by atoms with E-state index in [1.807, 2.05) is 18.2 Å². The van der Waals surface area contributed by atoms with E-state index < -0.39 is 10.0 Å². The molecule has 6 nitrogen and oxygen atoms in total. The number of carbonyl (C=O) groups excluding carboxylic acids is 1. The van der Waals surface area contributed by atoms with Crippen LogP contribution in [0.4, 0.5) is 11.4 Å². The van der Waals surface area contributed by atoms with Gasteiger partial charge in [0.05, 0.1) is 17.9 Å². The highest BCUT2D eigenvalue weighted by Crippen LogP contribution is 2.23. The second kappa shape index (κ2) is 8.75. The minimum atomic E-state index is -3.34. The summed E-state index contributed by atoms with van der Waals surface area (Å²) in [6.07, 6.45) is 3.00. The maximum atomic E-state index is 12.8. The van der Waals surface area contributed by atoms with Crippen molar-refractivity contribution in [3.63, 3.8) is 0 Å². The molecule has 1 unspecified atom stereocenters. The van der Waals surface area contributed by atoms with Crippen LogP contribution in [0.15, 0.2) is 54.6 Å². The number of likely N-dealkylation sites (tertiary alicyclic amines) is 1. The molecule has 150 valence electrons. The fraction of sp³-hybridized carbons (Fsp3) is 0.381. The fourth-order valence-electron chi connectivity index (χ4n) is 3.47. The number of amides is 1. The van der Waals surface area contributed by atoms with Crippen molar-refractivity contribution >= 4 is 27.3 Å². The van der Waals surface area contributed by atoms with E-state index in [1.165, 1.54) is 16.9 Å². The van der Waals surface area contributed by atoms with Crippen LogP contribution in [-0.4, -0.2) is 45.6 Å². The first-order valence-electron chi connectivity index (χ1n) is 9.44. The Balaban J connectivity index is 1.63. The van der Waals surface area contributed by atoms with Gasteiger partial charge < -0.3 is 5.32 Å². The molecule has 0 saturated carbocycles. The lowest BCUT2D eigenvalue weighted by Gasteiger charge is -2.32. The molecule has 2 aromatic rings. The van der Waals surface area contributed by atoms with E-state index in [2.05, 4.69) is 22.3 Å². The summed E-state index contributed by atoms with van der Waals surface area (Å²) in [7, 11) is -1.85. The third-order valence-corrected chi connectivity index (χ3v) is 6.31. The van der Waals surface area contributed by atoms with Crippen molar-refractivity contribution in [1.29, 1.82) is 0 Å². The van der Waals surface area contributed by atoms with Gasteiger partial charge in [0.25, 0.3) is 0 Å². The van der Waals surface area contributed by atoms with Gasteiger partial charge in [0.15, 0.2) is 0 Å². The summed E-state index contributed by atoms with van der Waals surface area (Å²) in [5.74, 6) is -0.0920. The van der Waals surface area contributed by atoms with Crippen molar-refractivity contribution in [2.45, 2.75) is 19.4 Å². The SMILES string of the molecule is CN(c1cccc(NC(=O)C2CCCN(Cc3ccccc3)C2)c1)S(C)(=O)=O. The summed E-state index contributed by atoms with van der Waals surface area (Å²) in [5.41, 5.74) is 2.38. The van der Waals surface area contributed by atoms with Crippen LogP contribution in [0.25, 0.3) is 0 Å². The molecule has 1 aliphatic heterocycles. The first-order valence-corrected chi connectivity index (χ1v) is 11.3. The largest absolute Gasteiger partial charge is 0.326 e. The van der Waals surface area contributed by atoms with Crippen molar-refractivity contribution in [3.05, 3.63) is 60.2 Å². The van der Waals surface area contributed by atoms with Crippen LogP contribution in [0.2, 0.25) is 0 Å². The van der Waals surface area contributed by atoms with E-state index in [0.717, 1.165) is 38.7 Å². The highest BCUT2D eigenvalue weighted by atomic mass is 32.2. The normalized spacial score (nSPS) is 17.9. The van der Waals surface area contributed by atoms with Crippen LogP contribution < -0.4 is 9.62 Å². The third-order valence-electron chi connectivity index (χ3n) is 5.10. The molecule has 1 atom stereocenters. The average molecular weight is 402 g/mol. The van der Waals surface area contributed by atoms with E-state index in [1.54, 1.807) is 24.3 Å². The van der Waals surface area contributed by atoms with Gasteiger partial charge in [0.2, 0.25) is 15.9 Å². The second-order valence-electron chi connectivity index (χ2n) is 7.33. The zero-order chi connectivity index (χ0) is 20.1. The fourth-order valence-corrected chi connectivity index (χ4v) is 3.97. The number of nitrogens with one attached hydrogen (secondary N) is 1. The zero-order valence-corrected chi connectivity index (χ0v) is 17.2. The molecule has 1 aliphatic rings. The Bertz CT molecular complexity index is 916. The van der Waals surface area contributed by atoms with Gasteiger partial charge >= 0.3 is 0 Å². The number of benzene rings is 2. The Morgan fingerprint density at radius 1 is 1.18 bits per heavy atom. The Morgan fingerprint density at radius 2 is 1.93 bits per heavy atom. The van der Waals surface area contributed by atoms with E-state index in [-0.39, 0.29) is 11.8 Å². The Hall–Kier alpha value is -2.38. The number of hydrogen-bond donors (Lipinski definition) is 1. The summed E-state index contributed by atoms with van der Waals surface area (Å²) < 4.78 is 24.7. The lowest BCUT2D eigenvalue weighted by molar-refractivity contribution is -0.121. The number of nitrogens with zero attached hydrogens (tertiary/aromatic N) is 2. The van der Waals surface area contributed by atoms with Crippen LogP contribution in [0.5, 0.6) is 0 Å². The van der Waals surface area contributed by atoms with Gasteiger partial charge in [-0.3, -0.25) is 14.0 Å². The van der Waals surface area contributed by atoms with E-state index in [9.17, 15) is 13.2 Å². The maximum Gasteiger partial charge on any atom is 0.231 e. The molecule has 0 aliphatic carbocycles. The number of piperidine rings is 1. The predicted octanol–water partition coefficient (Wildman–Crippen LogP) is 2.93. The van der Waals surface area contributed by atoms with E-state index in [0.29, 0.717) is 11.4 Å². The molecule has 3 rings (SSSR count). The highest BCUT2D eigenvalue weighted by Gasteiger charge is 2.26. The average Bonchev–Trinajstić information content (AvgIpc) is 2.68. The Morgan fingerprint density at radius 3 is 2.64 bits per heavy atom. The molecule has 1 heterocycles. The summed E-state index contributed by atoms with van der Waals surface area (Å²) in [5, 5.41) is 2.96. The maximum absolute atomic E-state index is 12.8. The van der Waals surface area contributed by atoms with Crippen LogP contribution in [0.3, 0.4) is 0 Å². The van der Waals surface area contributed by atoms with Gasteiger partial charge in [0.1, 0.15) is 0 Å². The number of rotatable bonds is 6. The first kappa shape index (κ1) is 20.4. The van der Waals surface area contributed by atoms with Crippen molar-refractivity contribution in [2.75, 3.05) is 36.0 Å². The van der Waals surface area contributed by atoms with Gasteiger partial charge in [0, 0.05) is 25.8 Å². The number of hydrogen-bond acceptors (Lipinski definition) is 4. The van der Waals surface area contributed by atoms with E-state index >= 15 is 0 Å². The van der Waals surface area contributed by atoms with Gasteiger partial charge in [-0.1, -0.05) is 36.4 Å². The summed E-state index contributed by atoms with van der Waals surface area (Å²) in [6.45, 7) is 2.57. The molecule has 1 fully saturated rings. The summed E-state index contributed by atoms with van der Waals surface area (Å²) in [6, 6.07) is 17.2. The Labute approximate surface area is 167 Å². The topological polar surface area (TPSA) is 69.7 Å². The number of anilines is 2. The molecule has 0 radical (unpaired) electrons. The van der Waals surface area contributed by atoms with Crippen molar-refractivity contribution in [2.24, 2.45) is 5.92 Å². The molecule has 0 aromatic heterocycles. The molecule has 7 heteroatoms. The molecule has 28 heavy (non-hydrogen) atoms. The lowest BCUT2D eigenvalue weighted by atomic mass is 9.96.